The van der Waals surface area contributed by atoms with Gasteiger partial charge in [-0.3, -0.25) is 9.59 Å². The van der Waals surface area contributed by atoms with Crippen LogP contribution < -0.4 is 15.4 Å². The summed E-state index contributed by atoms with van der Waals surface area (Å²) in [5.74, 6) is 0.222. The summed E-state index contributed by atoms with van der Waals surface area (Å²) in [5.41, 5.74) is 0.486. The van der Waals surface area contributed by atoms with Gasteiger partial charge in [-0.15, -0.1) is 0 Å². The van der Waals surface area contributed by atoms with Gasteiger partial charge >= 0.3 is 0 Å². The molecule has 2 amide bonds. The van der Waals surface area contributed by atoms with Crippen molar-refractivity contribution in [1.82, 2.24) is 10.6 Å². The first-order valence-electron chi connectivity index (χ1n) is 7.40. The van der Waals surface area contributed by atoms with E-state index in [-0.39, 0.29) is 24.4 Å². The molecule has 1 aliphatic carbocycles. The van der Waals surface area contributed by atoms with Gasteiger partial charge in [-0.05, 0) is 31.0 Å². The van der Waals surface area contributed by atoms with Crippen LogP contribution in [0.4, 0.5) is 0 Å². The van der Waals surface area contributed by atoms with Gasteiger partial charge in [0.15, 0.2) is 0 Å². The van der Waals surface area contributed by atoms with Gasteiger partial charge < -0.3 is 15.4 Å². The third-order valence-electron chi connectivity index (χ3n) is 3.71. The molecule has 1 aliphatic rings. The zero-order valence-electron chi connectivity index (χ0n) is 12.4. The van der Waals surface area contributed by atoms with Crippen molar-refractivity contribution in [3.8, 4) is 5.75 Å². The molecule has 21 heavy (non-hydrogen) atoms. The second-order valence-electron chi connectivity index (χ2n) is 5.32. The van der Waals surface area contributed by atoms with Crippen molar-refractivity contribution >= 4 is 11.8 Å². The molecule has 0 aliphatic heterocycles. The minimum absolute atomic E-state index is 0.00649. The summed E-state index contributed by atoms with van der Waals surface area (Å²) < 4.78 is 5.07. The van der Waals surface area contributed by atoms with Gasteiger partial charge in [0, 0.05) is 11.6 Å². The van der Waals surface area contributed by atoms with E-state index in [1.54, 1.807) is 31.4 Å². The molecular formula is C16H22N2O3. The second kappa shape index (κ2) is 7.67. The highest BCUT2D eigenvalue weighted by Crippen LogP contribution is 2.17. The number of nitrogens with one attached hydrogen (secondary N) is 2. The van der Waals surface area contributed by atoms with Crippen LogP contribution in [0, 0.1) is 0 Å². The Kier molecular flexibility index (Phi) is 5.60. The van der Waals surface area contributed by atoms with Crippen molar-refractivity contribution in [1.29, 1.82) is 0 Å². The number of carbonyl (C=O) groups excluding carboxylic acids is 2. The van der Waals surface area contributed by atoms with Gasteiger partial charge in [0.2, 0.25) is 5.91 Å². The summed E-state index contributed by atoms with van der Waals surface area (Å²) in [6.45, 7) is 0.00649. The Bertz CT molecular complexity index is 496. The Morgan fingerprint density at radius 1 is 1.24 bits per heavy atom. The van der Waals surface area contributed by atoms with Crippen molar-refractivity contribution in [2.45, 2.75) is 38.1 Å². The molecule has 0 bridgehead atoms. The molecule has 1 saturated carbocycles. The average molecular weight is 290 g/mol. The fourth-order valence-corrected chi connectivity index (χ4v) is 2.55. The molecule has 0 spiro atoms. The predicted molar refractivity (Wildman–Crippen MR) is 80.3 cm³/mol. The van der Waals surface area contributed by atoms with E-state index in [9.17, 15) is 9.59 Å². The maximum atomic E-state index is 12.0. The second-order valence-corrected chi connectivity index (χ2v) is 5.32. The largest absolute Gasteiger partial charge is 0.497 e. The number of hydrogen-bond acceptors (Lipinski definition) is 3. The third kappa shape index (κ3) is 4.77. The van der Waals surface area contributed by atoms with E-state index in [0.717, 1.165) is 12.8 Å². The van der Waals surface area contributed by atoms with E-state index >= 15 is 0 Å². The molecule has 5 heteroatoms. The lowest BCUT2D eigenvalue weighted by Gasteiger charge is -2.22. The summed E-state index contributed by atoms with van der Waals surface area (Å²) in [6, 6.07) is 7.12. The molecule has 0 aromatic heterocycles. The van der Waals surface area contributed by atoms with Crippen LogP contribution in [0.25, 0.3) is 0 Å². The molecule has 0 saturated heterocycles. The highest BCUT2D eigenvalue weighted by molar-refractivity contribution is 5.96. The quantitative estimate of drug-likeness (QED) is 0.870. The van der Waals surface area contributed by atoms with E-state index < -0.39 is 0 Å². The van der Waals surface area contributed by atoms with Crippen molar-refractivity contribution in [3.05, 3.63) is 29.8 Å². The van der Waals surface area contributed by atoms with Gasteiger partial charge in [0.25, 0.3) is 5.91 Å². The number of benzene rings is 1. The molecule has 0 atom stereocenters. The minimum Gasteiger partial charge on any atom is -0.497 e. The molecule has 0 heterocycles. The molecule has 5 nitrogen and oxygen atoms in total. The van der Waals surface area contributed by atoms with Crippen molar-refractivity contribution < 1.29 is 14.3 Å². The van der Waals surface area contributed by atoms with E-state index in [2.05, 4.69) is 10.6 Å². The first-order valence-corrected chi connectivity index (χ1v) is 7.40. The Morgan fingerprint density at radius 2 is 2.00 bits per heavy atom. The molecule has 114 valence electrons. The van der Waals surface area contributed by atoms with Gasteiger partial charge in [-0.1, -0.05) is 25.3 Å². The van der Waals surface area contributed by atoms with Crippen LogP contribution in [0.2, 0.25) is 0 Å². The standard InChI is InChI=1S/C16H22N2O3/c1-21-14-9-5-6-12(10-14)16(20)17-11-15(19)18-13-7-3-2-4-8-13/h5-6,9-10,13H,2-4,7-8,11H2,1H3,(H,17,20)(H,18,19). The molecular weight excluding hydrogens is 268 g/mol. The summed E-state index contributed by atoms with van der Waals surface area (Å²) in [5, 5.41) is 5.60. The van der Waals surface area contributed by atoms with Crippen LogP contribution in [0.15, 0.2) is 24.3 Å². The number of hydrogen-bond donors (Lipinski definition) is 2. The van der Waals surface area contributed by atoms with Crippen molar-refractivity contribution in [3.63, 3.8) is 0 Å². The van der Waals surface area contributed by atoms with Crippen LogP contribution >= 0.6 is 0 Å². The number of amides is 2. The summed E-state index contributed by atoms with van der Waals surface area (Å²) >= 11 is 0. The zero-order valence-corrected chi connectivity index (χ0v) is 12.4. The highest BCUT2D eigenvalue weighted by atomic mass is 16.5. The Morgan fingerprint density at radius 3 is 2.71 bits per heavy atom. The van der Waals surface area contributed by atoms with Crippen LogP contribution in [-0.4, -0.2) is 31.5 Å². The topological polar surface area (TPSA) is 67.4 Å². The Balaban J connectivity index is 1.78. The number of rotatable bonds is 5. The highest BCUT2D eigenvalue weighted by Gasteiger charge is 2.16. The lowest BCUT2D eigenvalue weighted by molar-refractivity contribution is -0.121. The Labute approximate surface area is 125 Å². The van der Waals surface area contributed by atoms with E-state index in [1.165, 1.54) is 19.3 Å². The monoisotopic (exact) mass is 290 g/mol. The fourth-order valence-electron chi connectivity index (χ4n) is 2.55. The van der Waals surface area contributed by atoms with Gasteiger partial charge in [0.1, 0.15) is 5.75 Å². The predicted octanol–water partition coefficient (Wildman–Crippen LogP) is 1.87. The van der Waals surface area contributed by atoms with Gasteiger partial charge in [-0.2, -0.15) is 0 Å². The van der Waals surface area contributed by atoms with Crippen LogP contribution in [0.1, 0.15) is 42.5 Å². The first-order chi connectivity index (χ1) is 10.2. The van der Waals surface area contributed by atoms with Crippen molar-refractivity contribution in [2.24, 2.45) is 0 Å². The van der Waals surface area contributed by atoms with Crippen LogP contribution in [0.3, 0.4) is 0 Å². The minimum atomic E-state index is -0.271. The molecule has 1 fully saturated rings. The van der Waals surface area contributed by atoms with E-state index in [1.807, 2.05) is 0 Å². The molecule has 2 N–H and O–H groups in total. The maximum absolute atomic E-state index is 12.0. The summed E-state index contributed by atoms with van der Waals surface area (Å²) in [7, 11) is 1.55. The Hall–Kier alpha value is -2.04. The fraction of sp³-hybridized carbons (Fsp3) is 0.500. The molecule has 2 rings (SSSR count). The first kappa shape index (κ1) is 15.4. The van der Waals surface area contributed by atoms with E-state index in [4.69, 9.17) is 4.74 Å². The molecule has 0 unspecified atom stereocenters. The van der Waals surface area contributed by atoms with Gasteiger partial charge in [-0.25, -0.2) is 0 Å². The lowest BCUT2D eigenvalue weighted by Crippen LogP contribution is -2.42. The molecule has 1 aromatic rings. The number of methoxy groups -OCH3 is 1. The molecule has 1 aromatic carbocycles. The maximum Gasteiger partial charge on any atom is 0.251 e. The third-order valence-corrected chi connectivity index (χ3v) is 3.71. The van der Waals surface area contributed by atoms with E-state index in [0.29, 0.717) is 11.3 Å². The molecule has 0 radical (unpaired) electrons. The smallest absolute Gasteiger partial charge is 0.251 e. The van der Waals surface area contributed by atoms with Crippen LogP contribution in [-0.2, 0) is 4.79 Å². The zero-order chi connectivity index (χ0) is 15.1. The van der Waals surface area contributed by atoms with Gasteiger partial charge in [0.05, 0.1) is 13.7 Å². The lowest BCUT2D eigenvalue weighted by atomic mass is 9.95. The van der Waals surface area contributed by atoms with Crippen molar-refractivity contribution in [2.75, 3.05) is 13.7 Å². The summed E-state index contributed by atoms with van der Waals surface area (Å²) in [4.78, 5) is 23.8. The average Bonchev–Trinajstić information content (AvgIpc) is 2.53. The summed E-state index contributed by atoms with van der Waals surface area (Å²) in [6.07, 6.45) is 5.66. The SMILES string of the molecule is COc1cccc(C(=O)NCC(=O)NC2CCCCC2)c1. The normalized spacial score (nSPS) is 15.3. The number of ether oxygens (including phenoxy) is 1. The van der Waals surface area contributed by atoms with Crippen LogP contribution in [0.5, 0.6) is 5.75 Å². The number of carbonyl (C=O) groups is 2.